The first-order valence-corrected chi connectivity index (χ1v) is 5.73. The summed E-state index contributed by atoms with van der Waals surface area (Å²) >= 11 is 0. The number of unbranched alkanes of at least 4 members (excludes halogenated alkanes) is 1. The Bertz CT molecular complexity index is 355. The summed E-state index contributed by atoms with van der Waals surface area (Å²) in [6, 6.07) is 6.33. The summed E-state index contributed by atoms with van der Waals surface area (Å²) in [7, 11) is 1.65. The highest BCUT2D eigenvalue weighted by Gasteiger charge is 2.06. The Hall–Kier alpha value is -1.42. The Morgan fingerprint density at radius 2 is 2.12 bits per heavy atom. The molecule has 3 nitrogen and oxygen atoms in total. The van der Waals surface area contributed by atoms with E-state index in [9.17, 15) is 9.18 Å². The van der Waals surface area contributed by atoms with Crippen LogP contribution < -0.4 is 5.32 Å². The van der Waals surface area contributed by atoms with E-state index in [1.165, 1.54) is 6.07 Å². The molecule has 1 aromatic carbocycles. The molecule has 1 N–H and O–H groups in total. The lowest BCUT2D eigenvalue weighted by Gasteiger charge is -2.05. The van der Waals surface area contributed by atoms with Gasteiger partial charge in [-0.15, -0.1) is 0 Å². The van der Waals surface area contributed by atoms with Crippen LogP contribution in [0.3, 0.4) is 0 Å². The zero-order chi connectivity index (χ0) is 12.5. The molecule has 1 aromatic rings. The summed E-state index contributed by atoms with van der Waals surface area (Å²) in [5.74, 6) is -0.477. The minimum atomic E-state index is -0.331. The fraction of sp³-hybridized carbons (Fsp3) is 0.462. The van der Waals surface area contributed by atoms with Crippen molar-refractivity contribution in [2.45, 2.75) is 19.3 Å². The van der Waals surface area contributed by atoms with Crippen molar-refractivity contribution in [3.8, 4) is 0 Å². The number of carbonyl (C=O) groups excluding carboxylic acids is 1. The van der Waals surface area contributed by atoms with Crippen molar-refractivity contribution in [2.24, 2.45) is 0 Å². The highest BCUT2D eigenvalue weighted by atomic mass is 19.1. The lowest BCUT2D eigenvalue weighted by molar-refractivity contribution is -0.120. The number of ether oxygens (including phenoxy) is 1. The van der Waals surface area contributed by atoms with Gasteiger partial charge in [0.05, 0.1) is 6.42 Å². The molecule has 0 aliphatic carbocycles. The molecule has 1 amide bonds. The van der Waals surface area contributed by atoms with Gasteiger partial charge in [0.15, 0.2) is 0 Å². The molecule has 0 unspecified atom stereocenters. The van der Waals surface area contributed by atoms with Crippen molar-refractivity contribution in [1.29, 1.82) is 0 Å². The van der Waals surface area contributed by atoms with E-state index in [-0.39, 0.29) is 18.1 Å². The Labute approximate surface area is 101 Å². The molecule has 0 fully saturated rings. The molecule has 0 spiro atoms. The average Bonchev–Trinajstić information content (AvgIpc) is 2.32. The number of nitrogens with one attached hydrogen (secondary N) is 1. The standard InChI is InChI=1S/C13H18FNO2/c1-17-9-5-4-8-15-13(16)10-11-6-2-3-7-12(11)14/h2-3,6-7H,4-5,8-10H2,1H3,(H,15,16). The van der Waals surface area contributed by atoms with Gasteiger partial charge in [-0.3, -0.25) is 4.79 Å². The number of rotatable bonds is 7. The SMILES string of the molecule is COCCCCNC(=O)Cc1ccccc1F. The first-order valence-electron chi connectivity index (χ1n) is 5.73. The maximum Gasteiger partial charge on any atom is 0.224 e. The van der Waals surface area contributed by atoms with Crippen molar-refractivity contribution in [2.75, 3.05) is 20.3 Å². The maximum absolute atomic E-state index is 13.2. The molecule has 0 aromatic heterocycles. The van der Waals surface area contributed by atoms with Crippen LogP contribution in [-0.4, -0.2) is 26.2 Å². The van der Waals surface area contributed by atoms with Gasteiger partial charge in [0.1, 0.15) is 5.82 Å². The van der Waals surface area contributed by atoms with Gasteiger partial charge in [-0.25, -0.2) is 4.39 Å². The highest BCUT2D eigenvalue weighted by Crippen LogP contribution is 2.06. The molecule has 94 valence electrons. The average molecular weight is 239 g/mol. The molecule has 0 saturated carbocycles. The molecule has 0 atom stereocenters. The third kappa shape index (κ3) is 5.45. The van der Waals surface area contributed by atoms with Gasteiger partial charge in [0, 0.05) is 20.3 Å². The van der Waals surface area contributed by atoms with E-state index in [1.807, 2.05) is 0 Å². The zero-order valence-corrected chi connectivity index (χ0v) is 10.0. The number of methoxy groups -OCH3 is 1. The van der Waals surface area contributed by atoms with Crippen LogP contribution in [-0.2, 0) is 16.0 Å². The Kier molecular flexibility index (Phi) is 6.25. The van der Waals surface area contributed by atoms with Crippen LogP contribution in [0.1, 0.15) is 18.4 Å². The molecule has 0 aliphatic rings. The fourth-order valence-corrected chi connectivity index (χ4v) is 1.48. The normalized spacial score (nSPS) is 10.2. The number of amides is 1. The molecule has 0 heterocycles. The topological polar surface area (TPSA) is 38.3 Å². The summed E-state index contributed by atoms with van der Waals surface area (Å²) in [5, 5.41) is 2.76. The minimum Gasteiger partial charge on any atom is -0.385 e. The number of carbonyl (C=O) groups is 1. The van der Waals surface area contributed by atoms with E-state index < -0.39 is 0 Å². The molecule has 0 aliphatic heterocycles. The molecule has 17 heavy (non-hydrogen) atoms. The van der Waals surface area contributed by atoms with Crippen LogP contribution in [0, 0.1) is 5.82 Å². The Balaban J connectivity index is 2.23. The lowest BCUT2D eigenvalue weighted by Crippen LogP contribution is -2.26. The Morgan fingerprint density at radius 1 is 1.35 bits per heavy atom. The van der Waals surface area contributed by atoms with Crippen molar-refractivity contribution in [3.05, 3.63) is 35.6 Å². The van der Waals surface area contributed by atoms with E-state index in [0.29, 0.717) is 18.7 Å². The first kappa shape index (κ1) is 13.6. The van der Waals surface area contributed by atoms with E-state index in [4.69, 9.17) is 4.74 Å². The van der Waals surface area contributed by atoms with E-state index >= 15 is 0 Å². The fourth-order valence-electron chi connectivity index (χ4n) is 1.48. The summed E-state index contributed by atoms with van der Waals surface area (Å²) in [5.41, 5.74) is 0.432. The third-order valence-corrected chi connectivity index (χ3v) is 2.41. The van der Waals surface area contributed by atoms with E-state index in [2.05, 4.69) is 5.32 Å². The number of hydrogen-bond donors (Lipinski definition) is 1. The van der Waals surface area contributed by atoms with Crippen molar-refractivity contribution in [1.82, 2.24) is 5.32 Å². The molecular formula is C13H18FNO2. The summed E-state index contributed by atoms with van der Waals surface area (Å²) < 4.78 is 18.1. The minimum absolute atomic E-state index is 0.0942. The van der Waals surface area contributed by atoms with Gasteiger partial charge < -0.3 is 10.1 Å². The lowest BCUT2D eigenvalue weighted by atomic mass is 10.1. The summed E-state index contributed by atoms with van der Waals surface area (Å²) in [6.07, 6.45) is 1.88. The van der Waals surface area contributed by atoms with Gasteiger partial charge >= 0.3 is 0 Å². The van der Waals surface area contributed by atoms with Crippen LogP contribution in [0.2, 0.25) is 0 Å². The monoisotopic (exact) mass is 239 g/mol. The molecule has 0 saturated heterocycles. The van der Waals surface area contributed by atoms with Gasteiger partial charge in [0.25, 0.3) is 0 Å². The second-order valence-corrected chi connectivity index (χ2v) is 3.82. The third-order valence-electron chi connectivity index (χ3n) is 2.41. The Morgan fingerprint density at radius 3 is 2.82 bits per heavy atom. The van der Waals surface area contributed by atoms with Gasteiger partial charge in [0.2, 0.25) is 5.91 Å². The molecule has 0 radical (unpaired) electrons. The van der Waals surface area contributed by atoms with Crippen molar-refractivity contribution >= 4 is 5.91 Å². The van der Waals surface area contributed by atoms with Crippen LogP contribution in [0.15, 0.2) is 24.3 Å². The van der Waals surface area contributed by atoms with Gasteiger partial charge in [-0.05, 0) is 24.5 Å². The van der Waals surface area contributed by atoms with E-state index in [1.54, 1.807) is 25.3 Å². The predicted molar refractivity (Wildman–Crippen MR) is 64.2 cm³/mol. The van der Waals surface area contributed by atoms with Crippen LogP contribution >= 0.6 is 0 Å². The number of halogens is 1. The van der Waals surface area contributed by atoms with E-state index in [0.717, 1.165) is 12.8 Å². The van der Waals surface area contributed by atoms with Crippen LogP contribution in [0.25, 0.3) is 0 Å². The highest BCUT2D eigenvalue weighted by molar-refractivity contribution is 5.78. The summed E-state index contributed by atoms with van der Waals surface area (Å²) in [4.78, 5) is 11.5. The van der Waals surface area contributed by atoms with Crippen molar-refractivity contribution in [3.63, 3.8) is 0 Å². The zero-order valence-electron chi connectivity index (χ0n) is 10.0. The predicted octanol–water partition coefficient (Wildman–Crippen LogP) is 1.91. The van der Waals surface area contributed by atoms with Crippen molar-refractivity contribution < 1.29 is 13.9 Å². The van der Waals surface area contributed by atoms with Crippen LogP contribution in [0.5, 0.6) is 0 Å². The second-order valence-electron chi connectivity index (χ2n) is 3.82. The number of benzene rings is 1. The molecular weight excluding hydrogens is 221 g/mol. The maximum atomic E-state index is 13.2. The van der Waals surface area contributed by atoms with Crippen LogP contribution in [0.4, 0.5) is 4.39 Å². The molecule has 1 rings (SSSR count). The van der Waals surface area contributed by atoms with Gasteiger partial charge in [-0.1, -0.05) is 18.2 Å². The smallest absolute Gasteiger partial charge is 0.224 e. The first-order chi connectivity index (χ1) is 8.24. The number of hydrogen-bond acceptors (Lipinski definition) is 2. The molecule has 0 bridgehead atoms. The molecule has 4 heteroatoms. The quantitative estimate of drug-likeness (QED) is 0.738. The van der Waals surface area contributed by atoms with Gasteiger partial charge in [-0.2, -0.15) is 0 Å². The summed E-state index contributed by atoms with van der Waals surface area (Å²) in [6.45, 7) is 1.31. The second kappa shape index (κ2) is 7.79. The largest absolute Gasteiger partial charge is 0.385 e.